The molecule has 0 aromatic heterocycles. The lowest BCUT2D eigenvalue weighted by Gasteiger charge is -2.18. The first-order chi connectivity index (χ1) is 8.61. The van der Waals surface area contributed by atoms with E-state index in [0.29, 0.717) is 17.1 Å². The second-order valence-corrected chi connectivity index (χ2v) is 4.71. The molecule has 1 atom stereocenters. The topological polar surface area (TPSA) is 47.6 Å². The van der Waals surface area contributed by atoms with Gasteiger partial charge in [-0.15, -0.1) is 12.4 Å². The summed E-state index contributed by atoms with van der Waals surface area (Å²) in [5.41, 5.74) is 0.666. The monoisotopic (exact) mass is 285 g/mol. The van der Waals surface area contributed by atoms with Crippen LogP contribution in [0.5, 0.6) is 11.5 Å². The molecule has 0 bridgehead atoms. The van der Waals surface area contributed by atoms with Crippen LogP contribution in [-0.4, -0.2) is 24.7 Å². The van der Waals surface area contributed by atoms with E-state index in [1.807, 2.05) is 20.8 Å². The van der Waals surface area contributed by atoms with Crippen LogP contribution in [0.25, 0.3) is 0 Å². The van der Waals surface area contributed by atoms with Gasteiger partial charge in [-0.2, -0.15) is 0 Å². The second kappa shape index (κ2) is 6.78. The number of halogens is 1. The van der Waals surface area contributed by atoms with Gasteiger partial charge in [0.2, 0.25) is 6.79 Å². The van der Waals surface area contributed by atoms with Crippen molar-refractivity contribution in [2.75, 3.05) is 6.79 Å². The van der Waals surface area contributed by atoms with E-state index in [-0.39, 0.29) is 37.1 Å². The Morgan fingerprint density at radius 1 is 1.32 bits per heavy atom. The van der Waals surface area contributed by atoms with E-state index < -0.39 is 0 Å². The third kappa shape index (κ3) is 3.61. The molecule has 1 unspecified atom stereocenters. The van der Waals surface area contributed by atoms with Crippen molar-refractivity contribution in [3.63, 3.8) is 0 Å². The second-order valence-electron chi connectivity index (χ2n) is 4.71. The molecule has 0 amide bonds. The molecular weight excluding hydrogens is 266 g/mol. The zero-order valence-electron chi connectivity index (χ0n) is 11.4. The van der Waals surface area contributed by atoms with Crippen molar-refractivity contribution in [3.8, 4) is 11.5 Å². The first-order valence-corrected chi connectivity index (χ1v) is 6.31. The minimum absolute atomic E-state index is 0. The standard InChI is InChI=1S/C14H19NO3.ClH/c1-4-11(15-9(2)3)14(16)10-5-6-12-13(7-10)18-8-17-12;/h5-7,9,11,15H,4,8H2,1-3H3;1H. The van der Waals surface area contributed by atoms with Gasteiger partial charge in [0.25, 0.3) is 0 Å². The van der Waals surface area contributed by atoms with Gasteiger partial charge in [-0.05, 0) is 24.6 Å². The Bertz CT molecular complexity index is 448. The number of fused-ring (bicyclic) bond motifs is 1. The zero-order chi connectivity index (χ0) is 13.1. The van der Waals surface area contributed by atoms with Gasteiger partial charge in [0.1, 0.15) is 0 Å². The molecule has 4 nitrogen and oxygen atoms in total. The van der Waals surface area contributed by atoms with E-state index in [9.17, 15) is 4.79 Å². The van der Waals surface area contributed by atoms with Crippen LogP contribution in [0.2, 0.25) is 0 Å². The van der Waals surface area contributed by atoms with Crippen molar-refractivity contribution >= 4 is 18.2 Å². The lowest BCUT2D eigenvalue weighted by Crippen LogP contribution is -2.40. The molecule has 1 aliphatic heterocycles. The summed E-state index contributed by atoms with van der Waals surface area (Å²) in [6.07, 6.45) is 0.769. The molecule has 5 heteroatoms. The Morgan fingerprint density at radius 3 is 2.63 bits per heavy atom. The summed E-state index contributed by atoms with van der Waals surface area (Å²) in [4.78, 5) is 12.4. The fourth-order valence-corrected chi connectivity index (χ4v) is 2.03. The molecule has 0 saturated carbocycles. The quantitative estimate of drug-likeness (QED) is 0.845. The third-order valence-electron chi connectivity index (χ3n) is 2.92. The third-order valence-corrected chi connectivity index (χ3v) is 2.92. The number of nitrogens with one attached hydrogen (secondary N) is 1. The number of Topliss-reactive ketones (excluding diaryl/α,β-unsaturated/α-hetero) is 1. The fraction of sp³-hybridized carbons (Fsp3) is 0.500. The molecule has 1 N–H and O–H groups in total. The smallest absolute Gasteiger partial charge is 0.231 e. The highest BCUT2D eigenvalue weighted by Crippen LogP contribution is 2.32. The van der Waals surface area contributed by atoms with Gasteiger partial charge in [-0.25, -0.2) is 0 Å². The molecule has 0 fully saturated rings. The number of hydrogen-bond donors (Lipinski definition) is 1. The molecular formula is C14H20ClNO3. The minimum atomic E-state index is -0.148. The van der Waals surface area contributed by atoms with E-state index in [0.717, 1.165) is 6.42 Å². The van der Waals surface area contributed by atoms with E-state index in [1.165, 1.54) is 0 Å². The number of rotatable bonds is 5. The molecule has 1 aromatic carbocycles. The summed E-state index contributed by atoms with van der Waals surface area (Å²) in [5, 5.41) is 3.27. The highest BCUT2D eigenvalue weighted by atomic mass is 35.5. The first kappa shape index (κ1) is 15.8. The Kier molecular flexibility index (Phi) is 5.63. The number of carbonyl (C=O) groups is 1. The predicted molar refractivity (Wildman–Crippen MR) is 76.5 cm³/mol. The van der Waals surface area contributed by atoms with Crippen molar-refractivity contribution in [2.45, 2.75) is 39.3 Å². The summed E-state index contributed by atoms with van der Waals surface area (Å²) < 4.78 is 10.5. The van der Waals surface area contributed by atoms with Crippen LogP contribution in [-0.2, 0) is 0 Å². The highest BCUT2D eigenvalue weighted by Gasteiger charge is 2.21. The van der Waals surface area contributed by atoms with Crippen molar-refractivity contribution in [1.29, 1.82) is 0 Å². The van der Waals surface area contributed by atoms with Crippen molar-refractivity contribution in [3.05, 3.63) is 23.8 Å². The average Bonchev–Trinajstić information content (AvgIpc) is 2.81. The Balaban J connectivity index is 0.00000180. The van der Waals surface area contributed by atoms with Crippen LogP contribution in [0.4, 0.5) is 0 Å². The SMILES string of the molecule is CCC(NC(C)C)C(=O)c1ccc2c(c1)OCO2.Cl. The zero-order valence-corrected chi connectivity index (χ0v) is 12.3. The summed E-state index contributed by atoms with van der Waals surface area (Å²) in [6.45, 7) is 6.31. The lowest BCUT2D eigenvalue weighted by molar-refractivity contribution is 0.0935. The summed E-state index contributed by atoms with van der Waals surface area (Å²) in [5.74, 6) is 1.46. The van der Waals surface area contributed by atoms with E-state index in [1.54, 1.807) is 18.2 Å². The number of carbonyl (C=O) groups excluding carboxylic acids is 1. The van der Waals surface area contributed by atoms with Gasteiger partial charge in [0.05, 0.1) is 6.04 Å². The van der Waals surface area contributed by atoms with Crippen LogP contribution >= 0.6 is 12.4 Å². The molecule has 1 aromatic rings. The van der Waals surface area contributed by atoms with Crippen LogP contribution in [0.3, 0.4) is 0 Å². The van der Waals surface area contributed by atoms with E-state index in [4.69, 9.17) is 9.47 Å². The summed E-state index contributed by atoms with van der Waals surface area (Å²) >= 11 is 0. The van der Waals surface area contributed by atoms with Gasteiger partial charge in [-0.3, -0.25) is 4.79 Å². The minimum Gasteiger partial charge on any atom is -0.454 e. The molecule has 0 saturated heterocycles. The normalized spacial score (nSPS) is 14.1. The predicted octanol–water partition coefficient (Wildman–Crippen LogP) is 2.80. The van der Waals surface area contributed by atoms with Gasteiger partial charge in [0.15, 0.2) is 17.3 Å². The number of ether oxygens (including phenoxy) is 2. The van der Waals surface area contributed by atoms with Crippen molar-refractivity contribution in [1.82, 2.24) is 5.32 Å². The van der Waals surface area contributed by atoms with Crippen molar-refractivity contribution < 1.29 is 14.3 Å². The maximum absolute atomic E-state index is 12.4. The number of ketones is 1. The van der Waals surface area contributed by atoms with E-state index in [2.05, 4.69) is 5.32 Å². The largest absolute Gasteiger partial charge is 0.454 e. The van der Waals surface area contributed by atoms with E-state index >= 15 is 0 Å². The van der Waals surface area contributed by atoms with Gasteiger partial charge < -0.3 is 14.8 Å². The van der Waals surface area contributed by atoms with Gasteiger partial charge >= 0.3 is 0 Å². The average molecular weight is 286 g/mol. The van der Waals surface area contributed by atoms with Crippen LogP contribution < -0.4 is 14.8 Å². The molecule has 0 spiro atoms. The van der Waals surface area contributed by atoms with Gasteiger partial charge in [0, 0.05) is 11.6 Å². The maximum atomic E-state index is 12.4. The lowest BCUT2D eigenvalue weighted by atomic mass is 10.0. The number of benzene rings is 1. The summed E-state index contributed by atoms with van der Waals surface area (Å²) in [7, 11) is 0. The highest BCUT2D eigenvalue weighted by molar-refractivity contribution is 6.00. The van der Waals surface area contributed by atoms with Crippen molar-refractivity contribution in [2.24, 2.45) is 0 Å². The molecule has 0 aliphatic carbocycles. The van der Waals surface area contributed by atoms with Crippen LogP contribution in [0, 0.1) is 0 Å². The Labute approximate surface area is 119 Å². The first-order valence-electron chi connectivity index (χ1n) is 6.31. The van der Waals surface area contributed by atoms with Crippen LogP contribution in [0.15, 0.2) is 18.2 Å². The molecule has 2 rings (SSSR count). The fourth-order valence-electron chi connectivity index (χ4n) is 2.03. The molecule has 0 radical (unpaired) electrons. The molecule has 1 heterocycles. The maximum Gasteiger partial charge on any atom is 0.231 e. The number of hydrogen-bond acceptors (Lipinski definition) is 4. The Morgan fingerprint density at radius 2 is 2.00 bits per heavy atom. The molecule has 19 heavy (non-hydrogen) atoms. The Hall–Kier alpha value is -1.26. The molecule has 106 valence electrons. The van der Waals surface area contributed by atoms with Crippen LogP contribution in [0.1, 0.15) is 37.6 Å². The summed E-state index contributed by atoms with van der Waals surface area (Å²) in [6, 6.07) is 5.48. The molecule has 1 aliphatic rings. The van der Waals surface area contributed by atoms with Gasteiger partial charge in [-0.1, -0.05) is 20.8 Å².